The Labute approximate surface area is 131 Å². The molecule has 0 saturated carbocycles. The van der Waals surface area contributed by atoms with Crippen molar-refractivity contribution >= 4 is 11.6 Å². The molecule has 0 amide bonds. The van der Waals surface area contributed by atoms with Gasteiger partial charge in [-0.05, 0) is 61.7 Å². The molecule has 1 heterocycles. The normalized spacial score (nSPS) is 12.4. The van der Waals surface area contributed by atoms with Crippen LogP contribution in [0.15, 0.2) is 28.7 Å². The minimum Gasteiger partial charge on any atom is -0.496 e. The molecular weight excluding hydrogens is 286 g/mol. The number of hydrogen-bond donors (Lipinski definition) is 1. The largest absolute Gasteiger partial charge is 0.496 e. The Morgan fingerprint density at radius 1 is 1.24 bits per heavy atom. The Hall–Kier alpha value is -1.45. The molecule has 1 aromatic carbocycles. The van der Waals surface area contributed by atoms with E-state index in [1.807, 2.05) is 6.07 Å². The minimum atomic E-state index is -0.0632. The number of methoxy groups -OCH3 is 1. The molecule has 2 rings (SSSR count). The molecule has 1 aromatic heterocycles. The number of nitrogens with one attached hydrogen (secondary N) is 1. The van der Waals surface area contributed by atoms with Gasteiger partial charge >= 0.3 is 0 Å². The highest BCUT2D eigenvalue weighted by molar-refractivity contribution is 6.28. The summed E-state index contributed by atoms with van der Waals surface area (Å²) in [6.45, 7) is 7.18. The molecule has 3 nitrogen and oxygen atoms in total. The van der Waals surface area contributed by atoms with Crippen LogP contribution >= 0.6 is 11.6 Å². The van der Waals surface area contributed by atoms with Crippen LogP contribution < -0.4 is 10.1 Å². The molecule has 114 valence electrons. The molecule has 1 N–H and O–H groups in total. The van der Waals surface area contributed by atoms with E-state index in [4.69, 9.17) is 20.8 Å². The number of rotatable bonds is 6. The maximum Gasteiger partial charge on any atom is 0.193 e. The van der Waals surface area contributed by atoms with Gasteiger partial charge in [-0.25, -0.2) is 0 Å². The van der Waals surface area contributed by atoms with Gasteiger partial charge in [0.1, 0.15) is 11.5 Å². The van der Waals surface area contributed by atoms with E-state index in [1.54, 1.807) is 13.2 Å². The Kier molecular flexibility index (Phi) is 5.32. The minimum absolute atomic E-state index is 0.0632. The first-order valence-electron chi connectivity index (χ1n) is 7.21. The predicted molar refractivity (Wildman–Crippen MR) is 86.3 cm³/mol. The summed E-state index contributed by atoms with van der Waals surface area (Å²) in [4.78, 5) is 0. The van der Waals surface area contributed by atoms with E-state index in [9.17, 15) is 0 Å². The maximum atomic E-state index is 5.93. The zero-order valence-electron chi connectivity index (χ0n) is 13.0. The van der Waals surface area contributed by atoms with Gasteiger partial charge in [0.05, 0.1) is 13.2 Å². The molecule has 4 heteroatoms. The zero-order chi connectivity index (χ0) is 15.4. The van der Waals surface area contributed by atoms with Gasteiger partial charge < -0.3 is 14.5 Å². The first-order chi connectivity index (χ1) is 10.1. The molecule has 1 unspecified atom stereocenters. The topological polar surface area (TPSA) is 34.4 Å². The summed E-state index contributed by atoms with van der Waals surface area (Å²) in [5.74, 6) is 1.70. The molecule has 0 aliphatic rings. The second-order valence-corrected chi connectivity index (χ2v) is 5.53. The Bertz CT molecular complexity index is 607. The van der Waals surface area contributed by atoms with Crippen LogP contribution in [0, 0.1) is 13.8 Å². The monoisotopic (exact) mass is 307 g/mol. The Morgan fingerprint density at radius 3 is 2.57 bits per heavy atom. The van der Waals surface area contributed by atoms with Crippen molar-refractivity contribution in [2.24, 2.45) is 0 Å². The van der Waals surface area contributed by atoms with Crippen molar-refractivity contribution in [3.8, 4) is 5.75 Å². The standard InChI is InChI=1S/C17H22ClNO2/c1-5-10-19-16(14-8-9-15(18)21-14)13-7-6-11(2)12(3)17(13)20-4/h6-9,16,19H,5,10H2,1-4H3. The third kappa shape index (κ3) is 3.42. The second-order valence-electron chi connectivity index (χ2n) is 5.16. The highest BCUT2D eigenvalue weighted by atomic mass is 35.5. The molecule has 0 aliphatic carbocycles. The van der Waals surface area contributed by atoms with Crippen molar-refractivity contribution in [2.45, 2.75) is 33.2 Å². The first kappa shape index (κ1) is 15.9. The quantitative estimate of drug-likeness (QED) is 0.843. The van der Waals surface area contributed by atoms with Crippen LogP contribution in [-0.4, -0.2) is 13.7 Å². The molecule has 0 radical (unpaired) electrons. The summed E-state index contributed by atoms with van der Waals surface area (Å²) >= 11 is 5.93. The third-order valence-corrected chi connectivity index (χ3v) is 3.90. The van der Waals surface area contributed by atoms with Gasteiger partial charge in [0, 0.05) is 5.56 Å². The predicted octanol–water partition coefficient (Wildman–Crippen LogP) is 4.65. The van der Waals surface area contributed by atoms with Crippen molar-refractivity contribution in [1.82, 2.24) is 5.32 Å². The van der Waals surface area contributed by atoms with E-state index < -0.39 is 0 Å². The summed E-state index contributed by atoms with van der Waals surface area (Å²) in [5.41, 5.74) is 3.43. The lowest BCUT2D eigenvalue weighted by molar-refractivity contribution is 0.389. The van der Waals surface area contributed by atoms with Crippen molar-refractivity contribution in [2.75, 3.05) is 13.7 Å². The van der Waals surface area contributed by atoms with Crippen LogP contribution in [0.2, 0.25) is 5.22 Å². The van der Waals surface area contributed by atoms with Crippen LogP contribution in [0.1, 0.15) is 41.8 Å². The zero-order valence-corrected chi connectivity index (χ0v) is 13.8. The molecule has 1 atom stereocenters. The second kappa shape index (κ2) is 7.01. The van der Waals surface area contributed by atoms with Gasteiger partial charge in [-0.2, -0.15) is 0 Å². The third-order valence-electron chi connectivity index (χ3n) is 3.70. The molecule has 2 aromatic rings. The summed E-state index contributed by atoms with van der Waals surface area (Å²) in [6, 6.07) is 7.81. The Balaban J connectivity index is 2.48. The van der Waals surface area contributed by atoms with Crippen LogP contribution in [0.3, 0.4) is 0 Å². The number of furan rings is 1. The van der Waals surface area contributed by atoms with Crippen molar-refractivity contribution in [1.29, 1.82) is 0 Å². The lowest BCUT2D eigenvalue weighted by Gasteiger charge is -2.21. The molecule has 0 aliphatic heterocycles. The van der Waals surface area contributed by atoms with Crippen LogP contribution in [-0.2, 0) is 0 Å². The van der Waals surface area contributed by atoms with E-state index in [0.29, 0.717) is 5.22 Å². The number of benzene rings is 1. The van der Waals surface area contributed by atoms with Crippen LogP contribution in [0.5, 0.6) is 5.75 Å². The van der Waals surface area contributed by atoms with E-state index in [-0.39, 0.29) is 6.04 Å². The first-order valence-corrected chi connectivity index (χ1v) is 7.59. The molecule has 0 saturated heterocycles. The summed E-state index contributed by atoms with van der Waals surface area (Å²) in [5, 5.41) is 3.90. The number of hydrogen-bond acceptors (Lipinski definition) is 3. The SMILES string of the molecule is CCCNC(c1ccc(Cl)o1)c1ccc(C)c(C)c1OC. The molecule has 0 fully saturated rings. The van der Waals surface area contributed by atoms with Crippen molar-refractivity contribution < 1.29 is 9.15 Å². The van der Waals surface area contributed by atoms with Gasteiger partial charge in [0.15, 0.2) is 5.22 Å². The lowest BCUT2D eigenvalue weighted by Crippen LogP contribution is -2.23. The van der Waals surface area contributed by atoms with E-state index >= 15 is 0 Å². The van der Waals surface area contributed by atoms with Gasteiger partial charge in [-0.3, -0.25) is 0 Å². The number of aryl methyl sites for hydroxylation is 1. The fourth-order valence-corrected chi connectivity index (χ4v) is 2.60. The highest BCUT2D eigenvalue weighted by Gasteiger charge is 2.22. The summed E-state index contributed by atoms with van der Waals surface area (Å²) in [7, 11) is 1.71. The van der Waals surface area contributed by atoms with Gasteiger partial charge in [-0.1, -0.05) is 19.1 Å². The summed E-state index contributed by atoms with van der Waals surface area (Å²) in [6.07, 6.45) is 1.04. The Morgan fingerprint density at radius 2 is 2.00 bits per heavy atom. The molecule has 21 heavy (non-hydrogen) atoms. The van der Waals surface area contributed by atoms with Crippen LogP contribution in [0.25, 0.3) is 0 Å². The fourth-order valence-electron chi connectivity index (χ4n) is 2.45. The molecular formula is C17H22ClNO2. The molecule has 0 spiro atoms. The van der Waals surface area contributed by atoms with E-state index in [1.165, 1.54) is 5.56 Å². The van der Waals surface area contributed by atoms with E-state index in [0.717, 1.165) is 35.6 Å². The average Bonchev–Trinajstić information content (AvgIpc) is 2.89. The van der Waals surface area contributed by atoms with Gasteiger partial charge in [0.25, 0.3) is 0 Å². The van der Waals surface area contributed by atoms with Crippen LogP contribution in [0.4, 0.5) is 0 Å². The number of ether oxygens (including phenoxy) is 1. The van der Waals surface area contributed by atoms with Crippen molar-refractivity contribution in [3.05, 3.63) is 51.9 Å². The summed E-state index contributed by atoms with van der Waals surface area (Å²) < 4.78 is 11.2. The number of halogens is 1. The average molecular weight is 308 g/mol. The van der Waals surface area contributed by atoms with Crippen molar-refractivity contribution in [3.63, 3.8) is 0 Å². The smallest absolute Gasteiger partial charge is 0.193 e. The maximum absolute atomic E-state index is 5.93. The fraction of sp³-hybridized carbons (Fsp3) is 0.412. The molecule has 0 bridgehead atoms. The highest BCUT2D eigenvalue weighted by Crippen LogP contribution is 2.35. The van der Waals surface area contributed by atoms with Gasteiger partial charge in [0.2, 0.25) is 0 Å². The van der Waals surface area contributed by atoms with Gasteiger partial charge in [-0.15, -0.1) is 0 Å². The lowest BCUT2D eigenvalue weighted by atomic mass is 9.97. The van der Waals surface area contributed by atoms with E-state index in [2.05, 4.69) is 38.2 Å².